The molecule has 0 saturated carbocycles. The van der Waals surface area contributed by atoms with Crippen LogP contribution < -0.4 is 0 Å². The van der Waals surface area contributed by atoms with Gasteiger partial charge in [-0.15, -0.1) is 0 Å². The molecule has 2 heterocycles. The van der Waals surface area contributed by atoms with Gasteiger partial charge in [-0.25, -0.2) is 4.99 Å². The second kappa shape index (κ2) is 6.75. The van der Waals surface area contributed by atoms with Crippen molar-refractivity contribution in [3.63, 3.8) is 0 Å². The lowest BCUT2D eigenvalue weighted by Gasteiger charge is -2.34. The first-order valence-electron chi connectivity index (χ1n) is 7.57. The molecule has 0 aromatic carbocycles. The molecule has 0 bridgehead atoms. The molecule has 1 saturated heterocycles. The molecule has 120 valence electrons. The third-order valence-electron chi connectivity index (χ3n) is 3.51. The molecule has 0 aromatic heterocycles. The molecule has 21 heavy (non-hydrogen) atoms. The number of aliphatic imine (C=N–C) groups is 1. The topological polar surface area (TPSA) is 66.4 Å². The molecule has 0 radical (unpaired) electrons. The van der Waals surface area contributed by atoms with Crippen molar-refractivity contribution in [2.24, 2.45) is 10.9 Å². The van der Waals surface area contributed by atoms with Crippen LogP contribution in [0.2, 0.25) is 0 Å². The molecule has 6 nitrogen and oxygen atoms in total. The first-order chi connectivity index (χ1) is 9.91. The van der Waals surface area contributed by atoms with Crippen LogP contribution in [0.5, 0.6) is 0 Å². The van der Waals surface area contributed by atoms with E-state index in [1.165, 1.54) is 0 Å². The molecule has 0 amide bonds. The monoisotopic (exact) mass is 299 g/mol. The molecule has 0 unspecified atom stereocenters. The maximum absolute atomic E-state index is 12.3. The standard InChI is InChI=1S/C15H25NO5/c1-5-18-14(17)11(8-12-19-6-7-20-12)13-16-15(3,4)9-10(2)21-13/h10-12H,5-9H2,1-4H3/t10-,11+/m0/s1. The summed E-state index contributed by atoms with van der Waals surface area (Å²) in [5.74, 6) is -0.466. The Balaban J connectivity index is 2.16. The fourth-order valence-corrected chi connectivity index (χ4v) is 2.76. The normalized spacial score (nSPS) is 26.9. The van der Waals surface area contributed by atoms with E-state index in [0.717, 1.165) is 6.42 Å². The number of nitrogens with zero attached hydrogens (tertiary/aromatic N) is 1. The van der Waals surface area contributed by atoms with Crippen LogP contribution in [0, 0.1) is 5.92 Å². The fraction of sp³-hybridized carbons (Fsp3) is 0.867. The van der Waals surface area contributed by atoms with E-state index in [-0.39, 0.29) is 17.6 Å². The second-order valence-electron chi connectivity index (χ2n) is 6.11. The van der Waals surface area contributed by atoms with Gasteiger partial charge in [0.15, 0.2) is 12.2 Å². The van der Waals surface area contributed by atoms with Crippen molar-refractivity contribution in [1.29, 1.82) is 0 Å². The zero-order valence-corrected chi connectivity index (χ0v) is 13.3. The molecule has 2 aliphatic rings. The fourth-order valence-electron chi connectivity index (χ4n) is 2.76. The second-order valence-corrected chi connectivity index (χ2v) is 6.11. The third-order valence-corrected chi connectivity index (χ3v) is 3.51. The van der Waals surface area contributed by atoms with Gasteiger partial charge in [-0.2, -0.15) is 0 Å². The van der Waals surface area contributed by atoms with Crippen LogP contribution in [-0.2, 0) is 23.7 Å². The van der Waals surface area contributed by atoms with Gasteiger partial charge in [0.05, 0.1) is 31.5 Å². The summed E-state index contributed by atoms with van der Waals surface area (Å²) in [5, 5.41) is 0. The van der Waals surface area contributed by atoms with E-state index in [0.29, 0.717) is 32.1 Å². The van der Waals surface area contributed by atoms with Crippen LogP contribution in [0.15, 0.2) is 4.99 Å². The summed E-state index contributed by atoms with van der Waals surface area (Å²) in [6.07, 6.45) is 0.823. The van der Waals surface area contributed by atoms with Crippen molar-refractivity contribution < 1.29 is 23.7 Å². The molecular formula is C15H25NO5. The van der Waals surface area contributed by atoms with Gasteiger partial charge in [0.2, 0.25) is 0 Å². The highest BCUT2D eigenvalue weighted by molar-refractivity contribution is 5.98. The zero-order chi connectivity index (χ0) is 15.5. The molecular weight excluding hydrogens is 274 g/mol. The number of carbonyl (C=O) groups is 1. The molecule has 2 rings (SSSR count). The summed E-state index contributed by atoms with van der Waals surface area (Å²) in [4.78, 5) is 16.8. The van der Waals surface area contributed by atoms with Crippen molar-refractivity contribution in [2.45, 2.75) is 58.5 Å². The Morgan fingerprint density at radius 1 is 1.43 bits per heavy atom. The van der Waals surface area contributed by atoms with Crippen LogP contribution in [0.1, 0.15) is 40.5 Å². The third kappa shape index (κ3) is 4.41. The lowest BCUT2D eigenvalue weighted by Crippen LogP contribution is -2.41. The van der Waals surface area contributed by atoms with E-state index in [2.05, 4.69) is 4.99 Å². The van der Waals surface area contributed by atoms with Crippen molar-refractivity contribution in [1.82, 2.24) is 0 Å². The largest absolute Gasteiger partial charge is 0.477 e. The summed E-state index contributed by atoms with van der Waals surface area (Å²) in [7, 11) is 0. The minimum absolute atomic E-state index is 0.0230. The SMILES string of the molecule is CCOC(=O)[C@H](CC1OCCO1)C1=NC(C)(C)C[C@H](C)O1. The molecule has 2 aliphatic heterocycles. The Morgan fingerprint density at radius 2 is 2.10 bits per heavy atom. The Bertz CT molecular complexity index is 401. The van der Waals surface area contributed by atoms with Crippen molar-refractivity contribution in [3.8, 4) is 0 Å². The van der Waals surface area contributed by atoms with Gasteiger partial charge in [0, 0.05) is 12.8 Å². The number of esters is 1. The van der Waals surface area contributed by atoms with E-state index < -0.39 is 12.2 Å². The first kappa shape index (κ1) is 16.2. The van der Waals surface area contributed by atoms with Crippen molar-refractivity contribution in [2.75, 3.05) is 19.8 Å². The molecule has 2 atom stereocenters. The number of hydrogen-bond acceptors (Lipinski definition) is 6. The maximum atomic E-state index is 12.3. The van der Waals surface area contributed by atoms with E-state index in [1.807, 2.05) is 20.8 Å². The van der Waals surface area contributed by atoms with E-state index >= 15 is 0 Å². The maximum Gasteiger partial charge on any atom is 0.318 e. The van der Waals surface area contributed by atoms with E-state index in [1.54, 1.807) is 6.92 Å². The summed E-state index contributed by atoms with van der Waals surface area (Å²) < 4.78 is 21.8. The first-order valence-corrected chi connectivity index (χ1v) is 7.57. The summed E-state index contributed by atoms with van der Waals surface area (Å²) in [5.41, 5.74) is -0.241. The lowest BCUT2D eigenvalue weighted by atomic mass is 9.94. The van der Waals surface area contributed by atoms with Crippen LogP contribution in [0.25, 0.3) is 0 Å². The number of hydrogen-bond donors (Lipinski definition) is 0. The molecule has 0 spiro atoms. The predicted molar refractivity (Wildman–Crippen MR) is 77.1 cm³/mol. The van der Waals surface area contributed by atoms with E-state index in [9.17, 15) is 4.79 Å². The van der Waals surface area contributed by atoms with Gasteiger partial charge in [-0.3, -0.25) is 4.79 Å². The quantitative estimate of drug-likeness (QED) is 0.726. The minimum atomic E-state index is -0.574. The highest BCUT2D eigenvalue weighted by atomic mass is 16.7. The molecule has 0 aromatic rings. The number of ether oxygens (including phenoxy) is 4. The van der Waals surface area contributed by atoms with Crippen LogP contribution in [0.4, 0.5) is 0 Å². The van der Waals surface area contributed by atoms with Gasteiger partial charge >= 0.3 is 5.97 Å². The molecule has 0 N–H and O–H groups in total. The summed E-state index contributed by atoms with van der Waals surface area (Å²) >= 11 is 0. The highest BCUT2D eigenvalue weighted by Gasteiger charge is 2.38. The Hall–Kier alpha value is -1.14. The van der Waals surface area contributed by atoms with Gasteiger partial charge in [0.25, 0.3) is 0 Å². The molecule has 0 aliphatic carbocycles. The number of carbonyl (C=O) groups excluding carboxylic acids is 1. The smallest absolute Gasteiger partial charge is 0.318 e. The Kier molecular flexibility index (Phi) is 5.22. The average Bonchev–Trinajstić information content (AvgIpc) is 2.86. The van der Waals surface area contributed by atoms with Crippen LogP contribution in [-0.4, -0.2) is 49.6 Å². The van der Waals surface area contributed by atoms with Crippen molar-refractivity contribution >= 4 is 11.9 Å². The summed E-state index contributed by atoms with van der Waals surface area (Å²) in [6, 6.07) is 0. The van der Waals surface area contributed by atoms with Crippen LogP contribution in [0.3, 0.4) is 0 Å². The highest BCUT2D eigenvalue weighted by Crippen LogP contribution is 2.28. The zero-order valence-electron chi connectivity index (χ0n) is 13.3. The number of rotatable bonds is 5. The summed E-state index contributed by atoms with van der Waals surface area (Å²) in [6.45, 7) is 9.28. The molecule has 6 heteroatoms. The molecule has 1 fully saturated rings. The van der Waals surface area contributed by atoms with Gasteiger partial charge in [0.1, 0.15) is 5.92 Å². The average molecular weight is 299 g/mol. The lowest BCUT2D eigenvalue weighted by molar-refractivity contribution is -0.149. The van der Waals surface area contributed by atoms with Crippen LogP contribution >= 0.6 is 0 Å². The Morgan fingerprint density at radius 3 is 2.67 bits per heavy atom. The minimum Gasteiger partial charge on any atom is -0.477 e. The van der Waals surface area contributed by atoms with Crippen molar-refractivity contribution in [3.05, 3.63) is 0 Å². The van der Waals surface area contributed by atoms with Gasteiger partial charge in [-0.1, -0.05) is 0 Å². The predicted octanol–water partition coefficient (Wildman–Crippen LogP) is 1.91. The van der Waals surface area contributed by atoms with Gasteiger partial charge < -0.3 is 18.9 Å². The van der Waals surface area contributed by atoms with E-state index in [4.69, 9.17) is 18.9 Å². The van der Waals surface area contributed by atoms with Gasteiger partial charge in [-0.05, 0) is 27.7 Å². The Labute approximate surface area is 125 Å².